The molecule has 1 unspecified atom stereocenters. The molecule has 0 bridgehead atoms. The lowest BCUT2D eigenvalue weighted by molar-refractivity contribution is 0.0919. The SMILES string of the molecule is Cn1nnc(C(C)(O)c2ccccc2)n1. The molecule has 78 valence electrons. The van der Waals surface area contributed by atoms with Gasteiger partial charge in [-0.1, -0.05) is 30.3 Å². The molecule has 0 radical (unpaired) electrons. The minimum Gasteiger partial charge on any atom is -0.377 e. The van der Waals surface area contributed by atoms with Crippen molar-refractivity contribution in [1.82, 2.24) is 20.2 Å². The highest BCUT2D eigenvalue weighted by molar-refractivity contribution is 5.27. The van der Waals surface area contributed by atoms with E-state index in [1.54, 1.807) is 14.0 Å². The maximum atomic E-state index is 10.3. The van der Waals surface area contributed by atoms with E-state index >= 15 is 0 Å². The number of tetrazole rings is 1. The van der Waals surface area contributed by atoms with Crippen LogP contribution in [0.5, 0.6) is 0 Å². The van der Waals surface area contributed by atoms with Crippen molar-refractivity contribution < 1.29 is 5.11 Å². The molecule has 2 aromatic rings. The molecule has 0 saturated carbocycles. The van der Waals surface area contributed by atoms with Crippen LogP contribution in [0.4, 0.5) is 0 Å². The fourth-order valence-corrected chi connectivity index (χ4v) is 1.37. The van der Waals surface area contributed by atoms with Gasteiger partial charge in [-0.05, 0) is 17.7 Å². The van der Waals surface area contributed by atoms with Crippen LogP contribution >= 0.6 is 0 Å². The Hall–Kier alpha value is -1.75. The van der Waals surface area contributed by atoms with Gasteiger partial charge < -0.3 is 5.11 Å². The third-order valence-electron chi connectivity index (χ3n) is 2.28. The number of aryl methyl sites for hydroxylation is 1. The topological polar surface area (TPSA) is 63.8 Å². The largest absolute Gasteiger partial charge is 0.377 e. The third kappa shape index (κ3) is 1.73. The van der Waals surface area contributed by atoms with E-state index in [1.807, 2.05) is 30.3 Å². The summed E-state index contributed by atoms with van der Waals surface area (Å²) in [5.74, 6) is 0.302. The Morgan fingerprint density at radius 3 is 2.47 bits per heavy atom. The van der Waals surface area contributed by atoms with Crippen molar-refractivity contribution in [2.45, 2.75) is 12.5 Å². The van der Waals surface area contributed by atoms with E-state index in [4.69, 9.17) is 0 Å². The van der Waals surface area contributed by atoms with Gasteiger partial charge in [-0.2, -0.15) is 4.80 Å². The predicted octanol–water partition coefficient (Wildman–Crippen LogP) is 0.466. The van der Waals surface area contributed by atoms with Crippen molar-refractivity contribution in [3.63, 3.8) is 0 Å². The first-order valence-corrected chi connectivity index (χ1v) is 4.63. The molecule has 0 aliphatic carbocycles. The Kier molecular flexibility index (Phi) is 2.24. The number of aliphatic hydroxyl groups is 1. The standard InChI is InChI=1S/C10H12N4O/c1-10(15,8-6-4-3-5-7-8)9-11-13-14(2)12-9/h3-7,15H,1-2H3. The molecule has 5 heteroatoms. The summed E-state index contributed by atoms with van der Waals surface area (Å²) in [7, 11) is 1.66. The van der Waals surface area contributed by atoms with Crippen LogP contribution in [0.3, 0.4) is 0 Å². The number of aromatic nitrogens is 4. The number of rotatable bonds is 2. The molecule has 1 heterocycles. The lowest BCUT2D eigenvalue weighted by Gasteiger charge is -2.19. The maximum absolute atomic E-state index is 10.3. The summed E-state index contributed by atoms with van der Waals surface area (Å²) >= 11 is 0. The molecule has 2 rings (SSSR count). The Morgan fingerprint density at radius 2 is 1.93 bits per heavy atom. The van der Waals surface area contributed by atoms with Gasteiger partial charge in [0.25, 0.3) is 0 Å². The monoisotopic (exact) mass is 204 g/mol. The van der Waals surface area contributed by atoms with Crippen molar-refractivity contribution in [2.75, 3.05) is 0 Å². The quantitative estimate of drug-likeness (QED) is 0.772. The van der Waals surface area contributed by atoms with Crippen LogP contribution in [-0.4, -0.2) is 25.3 Å². The smallest absolute Gasteiger partial charge is 0.210 e. The summed E-state index contributed by atoms with van der Waals surface area (Å²) in [6.45, 7) is 1.65. The Balaban J connectivity index is 2.43. The molecular formula is C10H12N4O. The molecule has 0 amide bonds. The van der Waals surface area contributed by atoms with Crippen LogP contribution in [0.15, 0.2) is 30.3 Å². The summed E-state index contributed by atoms with van der Waals surface area (Å²) in [6, 6.07) is 9.27. The van der Waals surface area contributed by atoms with E-state index in [1.165, 1.54) is 4.80 Å². The second kappa shape index (κ2) is 3.43. The van der Waals surface area contributed by atoms with Gasteiger partial charge in [0.05, 0.1) is 7.05 Å². The molecule has 0 fully saturated rings. The third-order valence-corrected chi connectivity index (χ3v) is 2.28. The van der Waals surface area contributed by atoms with Gasteiger partial charge in [-0.15, -0.1) is 10.2 Å². The van der Waals surface area contributed by atoms with Gasteiger partial charge in [0.1, 0.15) is 5.60 Å². The van der Waals surface area contributed by atoms with E-state index in [0.29, 0.717) is 5.82 Å². The average molecular weight is 204 g/mol. The van der Waals surface area contributed by atoms with Crippen molar-refractivity contribution in [2.24, 2.45) is 7.05 Å². The highest BCUT2D eigenvalue weighted by Crippen LogP contribution is 2.24. The van der Waals surface area contributed by atoms with Crippen LogP contribution in [-0.2, 0) is 12.6 Å². The summed E-state index contributed by atoms with van der Waals surface area (Å²) < 4.78 is 0. The number of hydrogen-bond acceptors (Lipinski definition) is 4. The highest BCUT2D eigenvalue weighted by Gasteiger charge is 2.30. The van der Waals surface area contributed by atoms with E-state index in [9.17, 15) is 5.11 Å². The first-order chi connectivity index (χ1) is 7.10. The van der Waals surface area contributed by atoms with Gasteiger partial charge in [-0.3, -0.25) is 0 Å². The molecule has 5 nitrogen and oxygen atoms in total. The fourth-order valence-electron chi connectivity index (χ4n) is 1.37. The Labute approximate surface area is 87.4 Å². The first-order valence-electron chi connectivity index (χ1n) is 4.63. The number of hydrogen-bond donors (Lipinski definition) is 1. The first kappa shape index (κ1) is 9.79. The van der Waals surface area contributed by atoms with Crippen LogP contribution in [0.1, 0.15) is 18.3 Å². The molecule has 1 atom stereocenters. The molecule has 1 aromatic carbocycles. The number of nitrogens with zero attached hydrogens (tertiary/aromatic N) is 4. The van der Waals surface area contributed by atoms with Crippen LogP contribution in [0.25, 0.3) is 0 Å². The molecule has 0 spiro atoms. The predicted molar refractivity (Wildman–Crippen MR) is 53.9 cm³/mol. The summed E-state index contributed by atoms with van der Waals surface area (Å²) in [4.78, 5) is 1.33. The molecule has 1 aromatic heterocycles. The van der Waals surface area contributed by atoms with E-state index < -0.39 is 5.60 Å². The van der Waals surface area contributed by atoms with E-state index in [0.717, 1.165) is 5.56 Å². The normalized spacial score (nSPS) is 14.9. The molecular weight excluding hydrogens is 192 g/mol. The van der Waals surface area contributed by atoms with Crippen molar-refractivity contribution in [1.29, 1.82) is 0 Å². The van der Waals surface area contributed by atoms with Crippen LogP contribution in [0.2, 0.25) is 0 Å². The summed E-state index contributed by atoms with van der Waals surface area (Å²) in [6.07, 6.45) is 0. The van der Waals surface area contributed by atoms with Crippen molar-refractivity contribution in [3.8, 4) is 0 Å². The second-order valence-corrected chi connectivity index (χ2v) is 3.54. The highest BCUT2D eigenvalue weighted by atomic mass is 16.3. The second-order valence-electron chi connectivity index (χ2n) is 3.54. The Bertz CT molecular complexity index is 449. The van der Waals surface area contributed by atoms with E-state index in [2.05, 4.69) is 15.4 Å². The van der Waals surface area contributed by atoms with Gasteiger partial charge in [0, 0.05) is 0 Å². The van der Waals surface area contributed by atoms with Gasteiger partial charge >= 0.3 is 0 Å². The van der Waals surface area contributed by atoms with Gasteiger partial charge in [0.15, 0.2) is 0 Å². The minimum absolute atomic E-state index is 0.302. The summed E-state index contributed by atoms with van der Waals surface area (Å²) in [5, 5.41) is 21.8. The minimum atomic E-state index is -1.20. The number of benzene rings is 1. The molecule has 0 aliphatic heterocycles. The molecule has 0 saturated heterocycles. The lowest BCUT2D eigenvalue weighted by Crippen LogP contribution is -2.24. The fraction of sp³-hybridized carbons (Fsp3) is 0.300. The zero-order valence-electron chi connectivity index (χ0n) is 8.62. The average Bonchev–Trinajstić information content (AvgIpc) is 2.67. The van der Waals surface area contributed by atoms with Gasteiger partial charge in [0.2, 0.25) is 5.82 Å². The van der Waals surface area contributed by atoms with Crippen molar-refractivity contribution in [3.05, 3.63) is 41.7 Å². The van der Waals surface area contributed by atoms with Crippen LogP contribution < -0.4 is 0 Å². The molecule has 0 aliphatic rings. The molecule has 1 N–H and O–H groups in total. The van der Waals surface area contributed by atoms with Gasteiger partial charge in [-0.25, -0.2) is 0 Å². The zero-order chi connectivity index (χ0) is 10.9. The van der Waals surface area contributed by atoms with Crippen molar-refractivity contribution >= 4 is 0 Å². The lowest BCUT2D eigenvalue weighted by atomic mass is 9.96. The molecule has 15 heavy (non-hydrogen) atoms. The Morgan fingerprint density at radius 1 is 1.27 bits per heavy atom. The van der Waals surface area contributed by atoms with E-state index in [-0.39, 0.29) is 0 Å². The summed E-state index contributed by atoms with van der Waals surface area (Å²) in [5.41, 5.74) is -0.451. The maximum Gasteiger partial charge on any atom is 0.210 e. The zero-order valence-corrected chi connectivity index (χ0v) is 8.62. The van der Waals surface area contributed by atoms with Crippen LogP contribution in [0, 0.1) is 0 Å².